The van der Waals surface area contributed by atoms with E-state index in [9.17, 15) is 23.2 Å². The summed E-state index contributed by atoms with van der Waals surface area (Å²) >= 11 is 0. The van der Waals surface area contributed by atoms with Crippen molar-refractivity contribution in [3.63, 3.8) is 0 Å². The Balaban J connectivity index is 1.64. The first-order valence-electron chi connectivity index (χ1n) is 10.6. The Morgan fingerprint density at radius 1 is 1.18 bits per heavy atom. The Labute approximate surface area is 194 Å². The lowest BCUT2D eigenvalue weighted by Gasteiger charge is -2.34. The standard InChI is InChI=1S/C25H21F3N2O4/c1-32-21-11-15(22-17(12-29)24(30)34-20-7-3-6-18(31)23(20)22)8-9-19(21)33-13-14-4-2-5-16(10-14)25(26,27)28/h2,4-5,8-11,17,22,30H,3,6-7,13H2,1H3. The molecule has 1 heterocycles. The van der Waals surface area contributed by atoms with E-state index in [0.717, 1.165) is 12.1 Å². The molecule has 34 heavy (non-hydrogen) atoms. The minimum Gasteiger partial charge on any atom is -0.493 e. The highest BCUT2D eigenvalue weighted by molar-refractivity contribution is 6.01. The number of ketones is 1. The van der Waals surface area contributed by atoms with Crippen LogP contribution in [-0.2, 0) is 22.3 Å². The van der Waals surface area contributed by atoms with Crippen molar-refractivity contribution in [1.82, 2.24) is 0 Å². The molecule has 2 unspecified atom stereocenters. The Morgan fingerprint density at radius 2 is 1.97 bits per heavy atom. The fourth-order valence-electron chi connectivity index (χ4n) is 4.29. The summed E-state index contributed by atoms with van der Waals surface area (Å²) in [6.45, 7) is -0.115. The molecule has 4 rings (SSSR count). The molecule has 1 N–H and O–H groups in total. The number of hydrogen-bond donors (Lipinski definition) is 1. The maximum atomic E-state index is 13.0. The number of nitrogens with one attached hydrogen (secondary N) is 1. The summed E-state index contributed by atoms with van der Waals surface area (Å²) in [5.41, 5.74) is 0.576. The van der Waals surface area contributed by atoms with Gasteiger partial charge in [0.2, 0.25) is 5.90 Å². The van der Waals surface area contributed by atoms with E-state index in [1.165, 1.54) is 19.2 Å². The zero-order chi connectivity index (χ0) is 24.5. The molecule has 2 atom stereocenters. The van der Waals surface area contributed by atoms with Crippen molar-refractivity contribution >= 4 is 11.7 Å². The average molecular weight is 470 g/mol. The fraction of sp³-hybridized carbons (Fsp3) is 0.320. The van der Waals surface area contributed by atoms with Gasteiger partial charge in [-0.15, -0.1) is 0 Å². The van der Waals surface area contributed by atoms with Crippen molar-refractivity contribution in [3.05, 3.63) is 70.5 Å². The van der Waals surface area contributed by atoms with Crippen molar-refractivity contribution in [2.24, 2.45) is 5.92 Å². The van der Waals surface area contributed by atoms with Crippen LogP contribution in [0.4, 0.5) is 13.2 Å². The first-order chi connectivity index (χ1) is 16.2. The van der Waals surface area contributed by atoms with E-state index in [0.29, 0.717) is 53.2 Å². The van der Waals surface area contributed by atoms with Crippen LogP contribution in [0.25, 0.3) is 0 Å². The van der Waals surface area contributed by atoms with Gasteiger partial charge in [-0.25, -0.2) is 0 Å². The lowest BCUT2D eigenvalue weighted by atomic mass is 9.74. The van der Waals surface area contributed by atoms with Crippen LogP contribution in [0.15, 0.2) is 53.8 Å². The summed E-state index contributed by atoms with van der Waals surface area (Å²) in [6, 6.07) is 11.8. The monoisotopic (exact) mass is 470 g/mol. The summed E-state index contributed by atoms with van der Waals surface area (Å²) < 4.78 is 55.6. The maximum Gasteiger partial charge on any atom is 0.416 e. The topological polar surface area (TPSA) is 92.4 Å². The van der Waals surface area contributed by atoms with Gasteiger partial charge in [-0.1, -0.05) is 18.2 Å². The number of nitrogens with zero attached hydrogens (tertiary/aromatic N) is 1. The number of allylic oxidation sites excluding steroid dienone is 2. The molecule has 176 valence electrons. The molecular weight excluding hydrogens is 449 g/mol. The van der Waals surface area contributed by atoms with Gasteiger partial charge < -0.3 is 14.2 Å². The molecule has 0 bridgehead atoms. The lowest BCUT2D eigenvalue weighted by molar-refractivity contribution is -0.137. The Morgan fingerprint density at radius 3 is 2.68 bits per heavy atom. The van der Waals surface area contributed by atoms with Crippen LogP contribution in [0.1, 0.15) is 41.9 Å². The molecule has 6 nitrogen and oxygen atoms in total. The van der Waals surface area contributed by atoms with Gasteiger partial charge in [-0.2, -0.15) is 18.4 Å². The molecule has 1 aliphatic heterocycles. The van der Waals surface area contributed by atoms with Gasteiger partial charge >= 0.3 is 6.18 Å². The Bertz CT molecular complexity index is 1210. The lowest BCUT2D eigenvalue weighted by Crippen LogP contribution is -2.34. The second kappa shape index (κ2) is 9.21. The number of Topliss-reactive ketones (excluding diaryl/α,β-unsaturated/α-hetero) is 1. The van der Waals surface area contributed by atoms with Crippen LogP contribution in [0.2, 0.25) is 0 Å². The molecule has 0 saturated carbocycles. The average Bonchev–Trinajstić information content (AvgIpc) is 2.81. The van der Waals surface area contributed by atoms with E-state index >= 15 is 0 Å². The van der Waals surface area contributed by atoms with Crippen molar-refractivity contribution in [2.45, 2.75) is 38.0 Å². The Kier molecular flexibility index (Phi) is 6.33. The molecule has 9 heteroatoms. The van der Waals surface area contributed by atoms with Gasteiger partial charge in [0.15, 0.2) is 17.3 Å². The molecule has 2 aromatic carbocycles. The first kappa shape index (κ1) is 23.4. The van der Waals surface area contributed by atoms with Crippen LogP contribution in [0, 0.1) is 22.7 Å². The predicted octanol–water partition coefficient (Wildman–Crippen LogP) is 5.53. The molecule has 0 saturated heterocycles. The molecular formula is C25H21F3N2O4. The SMILES string of the molecule is COc1cc(C2C3=C(CCCC3=O)OC(=N)C2C#N)ccc1OCc1cccc(C(F)(F)F)c1. The molecule has 0 fully saturated rings. The number of rotatable bonds is 5. The number of hydrogen-bond acceptors (Lipinski definition) is 6. The summed E-state index contributed by atoms with van der Waals surface area (Å²) in [5.74, 6) is -0.940. The number of carbonyl (C=O) groups is 1. The zero-order valence-electron chi connectivity index (χ0n) is 18.2. The van der Waals surface area contributed by atoms with E-state index in [2.05, 4.69) is 6.07 Å². The molecule has 0 spiro atoms. The highest BCUT2D eigenvalue weighted by Gasteiger charge is 2.42. The van der Waals surface area contributed by atoms with Crippen LogP contribution in [0.5, 0.6) is 11.5 Å². The summed E-state index contributed by atoms with van der Waals surface area (Å²) in [4.78, 5) is 12.7. The number of ether oxygens (including phenoxy) is 3. The summed E-state index contributed by atoms with van der Waals surface area (Å²) in [6.07, 6.45) is -2.96. The summed E-state index contributed by atoms with van der Waals surface area (Å²) in [7, 11) is 1.42. The highest BCUT2D eigenvalue weighted by atomic mass is 19.4. The van der Waals surface area contributed by atoms with Gasteiger partial charge in [0.1, 0.15) is 18.3 Å². The molecule has 2 aliphatic rings. The number of benzene rings is 2. The molecule has 0 radical (unpaired) electrons. The normalized spacial score (nSPS) is 20.3. The van der Waals surface area contributed by atoms with Crippen LogP contribution < -0.4 is 9.47 Å². The van der Waals surface area contributed by atoms with Crippen LogP contribution in [-0.4, -0.2) is 18.8 Å². The largest absolute Gasteiger partial charge is 0.493 e. The smallest absolute Gasteiger partial charge is 0.416 e. The summed E-state index contributed by atoms with van der Waals surface area (Å²) in [5, 5.41) is 17.9. The number of alkyl halides is 3. The predicted molar refractivity (Wildman–Crippen MR) is 115 cm³/mol. The molecule has 0 amide bonds. The third kappa shape index (κ3) is 4.49. The van der Waals surface area contributed by atoms with E-state index in [4.69, 9.17) is 19.6 Å². The minimum atomic E-state index is -4.45. The second-order valence-corrected chi connectivity index (χ2v) is 8.06. The first-order valence-corrected chi connectivity index (χ1v) is 10.6. The van der Waals surface area contributed by atoms with E-state index in [-0.39, 0.29) is 18.3 Å². The fourth-order valence-corrected chi connectivity index (χ4v) is 4.29. The van der Waals surface area contributed by atoms with Gasteiger partial charge in [0, 0.05) is 24.3 Å². The van der Waals surface area contributed by atoms with Gasteiger partial charge in [0.25, 0.3) is 0 Å². The minimum absolute atomic E-state index is 0.108. The van der Waals surface area contributed by atoms with Gasteiger partial charge in [-0.05, 0) is 41.8 Å². The molecule has 2 aromatic rings. The van der Waals surface area contributed by atoms with Crippen LogP contribution in [0.3, 0.4) is 0 Å². The zero-order valence-corrected chi connectivity index (χ0v) is 18.2. The third-order valence-corrected chi connectivity index (χ3v) is 5.90. The maximum absolute atomic E-state index is 13.0. The van der Waals surface area contributed by atoms with Gasteiger partial charge in [0.05, 0.1) is 18.7 Å². The number of carbonyl (C=O) groups excluding carboxylic acids is 1. The second-order valence-electron chi connectivity index (χ2n) is 8.06. The Hall–Kier alpha value is -3.80. The highest BCUT2D eigenvalue weighted by Crippen LogP contribution is 2.45. The van der Waals surface area contributed by atoms with E-state index in [1.807, 2.05) is 0 Å². The quantitative estimate of drug-likeness (QED) is 0.620. The van der Waals surface area contributed by atoms with Gasteiger partial charge in [-0.3, -0.25) is 10.2 Å². The van der Waals surface area contributed by atoms with E-state index < -0.39 is 23.6 Å². The van der Waals surface area contributed by atoms with Crippen molar-refractivity contribution in [3.8, 4) is 17.6 Å². The van der Waals surface area contributed by atoms with E-state index in [1.54, 1.807) is 18.2 Å². The van der Waals surface area contributed by atoms with Crippen molar-refractivity contribution in [1.29, 1.82) is 10.7 Å². The number of halogens is 3. The molecule has 0 aromatic heterocycles. The molecule has 1 aliphatic carbocycles. The van der Waals surface area contributed by atoms with Crippen LogP contribution >= 0.6 is 0 Å². The van der Waals surface area contributed by atoms with Crippen molar-refractivity contribution in [2.75, 3.05) is 7.11 Å². The van der Waals surface area contributed by atoms with Crippen molar-refractivity contribution < 1.29 is 32.2 Å². The third-order valence-electron chi connectivity index (χ3n) is 5.90. The number of nitriles is 1. The number of methoxy groups -OCH3 is 1.